The molecular formula is C17H28N2S. The normalized spacial score (nSPS) is 18.9. The molecule has 0 amide bonds. The number of benzene rings is 1. The molecule has 2 rings (SSSR count). The Kier molecular flexibility index (Phi) is 5.39. The highest BCUT2D eigenvalue weighted by Gasteiger charge is 2.24. The summed E-state index contributed by atoms with van der Waals surface area (Å²) < 4.78 is 0.418. The molecule has 1 saturated heterocycles. The van der Waals surface area contributed by atoms with Crippen molar-refractivity contribution < 1.29 is 0 Å². The zero-order valence-corrected chi connectivity index (χ0v) is 14.1. The van der Waals surface area contributed by atoms with Crippen molar-refractivity contribution in [1.82, 2.24) is 5.32 Å². The van der Waals surface area contributed by atoms with Crippen molar-refractivity contribution in [2.24, 2.45) is 0 Å². The van der Waals surface area contributed by atoms with Gasteiger partial charge in [-0.1, -0.05) is 38.5 Å². The van der Waals surface area contributed by atoms with Crippen LogP contribution in [0.25, 0.3) is 0 Å². The van der Waals surface area contributed by atoms with Crippen LogP contribution in [0.5, 0.6) is 0 Å². The number of nitrogens with zero attached hydrogens (tertiary/aromatic N) is 1. The summed E-state index contributed by atoms with van der Waals surface area (Å²) in [6, 6.07) is 6.89. The summed E-state index contributed by atoms with van der Waals surface area (Å²) in [4.78, 5) is 2.58. The molecule has 1 fully saturated rings. The van der Waals surface area contributed by atoms with E-state index < -0.39 is 0 Å². The van der Waals surface area contributed by atoms with Gasteiger partial charge in [0.15, 0.2) is 0 Å². The van der Waals surface area contributed by atoms with Crippen molar-refractivity contribution in [1.29, 1.82) is 0 Å². The highest BCUT2D eigenvalue weighted by molar-refractivity contribution is 8.00. The second-order valence-corrected chi connectivity index (χ2v) is 8.06. The minimum absolute atomic E-state index is 0.418. The van der Waals surface area contributed by atoms with E-state index in [9.17, 15) is 0 Å². The zero-order valence-electron chi connectivity index (χ0n) is 13.3. The van der Waals surface area contributed by atoms with Gasteiger partial charge in [-0.15, -0.1) is 0 Å². The van der Waals surface area contributed by atoms with Gasteiger partial charge in [-0.25, -0.2) is 0 Å². The van der Waals surface area contributed by atoms with E-state index in [2.05, 4.69) is 67.9 Å². The lowest BCUT2D eigenvalue weighted by molar-refractivity contribution is 0.635. The standard InChI is InChI=1S/C17H28N2S/c1-5-18-13-15-12-14(2)6-7-16(15)19-9-8-17(3,4)20-11-10-19/h6-7,12,18H,5,8-11,13H2,1-4H3. The van der Waals surface area contributed by atoms with E-state index in [1.54, 1.807) is 0 Å². The fraction of sp³-hybridized carbons (Fsp3) is 0.647. The molecule has 1 aromatic rings. The third kappa shape index (κ3) is 4.16. The minimum atomic E-state index is 0.418. The maximum Gasteiger partial charge on any atom is 0.0412 e. The summed E-state index contributed by atoms with van der Waals surface area (Å²) in [6.45, 7) is 13.4. The van der Waals surface area contributed by atoms with Crippen LogP contribution in [0.4, 0.5) is 5.69 Å². The molecule has 20 heavy (non-hydrogen) atoms. The first-order chi connectivity index (χ1) is 9.52. The summed E-state index contributed by atoms with van der Waals surface area (Å²) in [7, 11) is 0. The Bertz CT molecular complexity index is 443. The van der Waals surface area contributed by atoms with E-state index in [-0.39, 0.29) is 0 Å². The van der Waals surface area contributed by atoms with E-state index in [0.29, 0.717) is 4.75 Å². The topological polar surface area (TPSA) is 15.3 Å². The fourth-order valence-corrected chi connectivity index (χ4v) is 3.79. The molecule has 112 valence electrons. The lowest BCUT2D eigenvalue weighted by Gasteiger charge is -2.27. The third-order valence-electron chi connectivity index (χ3n) is 3.98. The van der Waals surface area contributed by atoms with Crippen LogP contribution >= 0.6 is 11.8 Å². The molecular weight excluding hydrogens is 264 g/mol. The Balaban J connectivity index is 2.18. The molecule has 3 heteroatoms. The Morgan fingerprint density at radius 1 is 1.30 bits per heavy atom. The Labute approximate surface area is 128 Å². The molecule has 0 atom stereocenters. The van der Waals surface area contributed by atoms with Crippen molar-refractivity contribution in [2.75, 3.05) is 30.3 Å². The van der Waals surface area contributed by atoms with Gasteiger partial charge in [-0.3, -0.25) is 0 Å². The predicted molar refractivity (Wildman–Crippen MR) is 91.9 cm³/mol. The molecule has 0 aliphatic carbocycles. The second kappa shape index (κ2) is 6.86. The molecule has 2 nitrogen and oxygen atoms in total. The van der Waals surface area contributed by atoms with Crippen molar-refractivity contribution in [2.45, 2.75) is 45.4 Å². The molecule has 1 aliphatic heterocycles. The first kappa shape index (κ1) is 15.7. The van der Waals surface area contributed by atoms with Crippen molar-refractivity contribution in [3.05, 3.63) is 29.3 Å². The summed E-state index contributed by atoms with van der Waals surface area (Å²) >= 11 is 2.11. The average Bonchev–Trinajstić information content (AvgIpc) is 2.58. The SMILES string of the molecule is CCNCc1cc(C)ccc1N1CCSC(C)(C)CC1. The highest BCUT2D eigenvalue weighted by Crippen LogP contribution is 2.33. The first-order valence-corrected chi connectivity index (χ1v) is 8.69. The summed E-state index contributed by atoms with van der Waals surface area (Å²) in [5, 5.41) is 3.47. The van der Waals surface area contributed by atoms with Gasteiger partial charge in [0, 0.05) is 35.8 Å². The number of anilines is 1. The molecule has 0 bridgehead atoms. The van der Waals surface area contributed by atoms with E-state index in [0.717, 1.165) is 19.6 Å². The van der Waals surface area contributed by atoms with Crippen LogP contribution < -0.4 is 10.2 Å². The average molecular weight is 292 g/mol. The van der Waals surface area contributed by atoms with Crippen molar-refractivity contribution in [3.63, 3.8) is 0 Å². The van der Waals surface area contributed by atoms with Crippen molar-refractivity contribution in [3.8, 4) is 0 Å². The van der Waals surface area contributed by atoms with Crippen LogP contribution in [0.1, 0.15) is 38.3 Å². The first-order valence-electron chi connectivity index (χ1n) is 7.71. The quantitative estimate of drug-likeness (QED) is 0.908. The van der Waals surface area contributed by atoms with Gasteiger partial charge in [-0.2, -0.15) is 11.8 Å². The molecule has 0 aromatic heterocycles. The number of thioether (sulfide) groups is 1. The summed E-state index contributed by atoms with van der Waals surface area (Å²) in [6.07, 6.45) is 1.26. The lowest BCUT2D eigenvalue weighted by atomic mass is 10.1. The second-order valence-electron chi connectivity index (χ2n) is 6.26. The van der Waals surface area contributed by atoms with Crippen LogP contribution in [0.15, 0.2) is 18.2 Å². The molecule has 1 N–H and O–H groups in total. The molecule has 1 aliphatic rings. The number of nitrogens with one attached hydrogen (secondary N) is 1. The number of hydrogen-bond donors (Lipinski definition) is 1. The van der Waals surface area contributed by atoms with Crippen LogP contribution in [0.2, 0.25) is 0 Å². The van der Waals surface area contributed by atoms with Crippen molar-refractivity contribution >= 4 is 17.4 Å². The zero-order chi connectivity index (χ0) is 14.6. The van der Waals surface area contributed by atoms with Gasteiger partial charge in [0.1, 0.15) is 0 Å². The van der Waals surface area contributed by atoms with Gasteiger partial charge < -0.3 is 10.2 Å². The Morgan fingerprint density at radius 3 is 2.85 bits per heavy atom. The fourth-order valence-electron chi connectivity index (χ4n) is 2.69. The summed E-state index contributed by atoms with van der Waals surface area (Å²) in [5.74, 6) is 1.22. The maximum atomic E-state index is 3.47. The van der Waals surface area contributed by atoms with Crippen LogP contribution in [-0.2, 0) is 6.54 Å². The monoisotopic (exact) mass is 292 g/mol. The van der Waals surface area contributed by atoms with Crippen LogP contribution in [0, 0.1) is 6.92 Å². The summed E-state index contributed by atoms with van der Waals surface area (Å²) in [5.41, 5.74) is 4.22. The van der Waals surface area contributed by atoms with E-state index in [1.807, 2.05) is 0 Å². The molecule has 0 spiro atoms. The van der Waals surface area contributed by atoms with Crippen LogP contribution in [0.3, 0.4) is 0 Å². The predicted octanol–water partition coefficient (Wildman–Crippen LogP) is 3.83. The number of aryl methyl sites for hydroxylation is 1. The van der Waals surface area contributed by atoms with Gasteiger partial charge in [0.05, 0.1) is 0 Å². The third-order valence-corrected chi connectivity index (χ3v) is 5.35. The molecule has 0 radical (unpaired) electrons. The van der Waals surface area contributed by atoms with E-state index >= 15 is 0 Å². The highest BCUT2D eigenvalue weighted by atomic mass is 32.2. The number of rotatable bonds is 4. The Morgan fingerprint density at radius 2 is 2.10 bits per heavy atom. The maximum absolute atomic E-state index is 3.47. The smallest absolute Gasteiger partial charge is 0.0412 e. The molecule has 1 aromatic carbocycles. The molecule has 1 heterocycles. The number of hydrogen-bond acceptors (Lipinski definition) is 3. The largest absolute Gasteiger partial charge is 0.370 e. The van der Waals surface area contributed by atoms with Gasteiger partial charge >= 0.3 is 0 Å². The van der Waals surface area contributed by atoms with Gasteiger partial charge in [0.2, 0.25) is 0 Å². The molecule has 0 saturated carbocycles. The van der Waals surface area contributed by atoms with Crippen LogP contribution in [-0.4, -0.2) is 30.1 Å². The minimum Gasteiger partial charge on any atom is -0.370 e. The Hall–Kier alpha value is -0.670. The van der Waals surface area contributed by atoms with Gasteiger partial charge in [0.25, 0.3) is 0 Å². The molecule has 0 unspecified atom stereocenters. The van der Waals surface area contributed by atoms with Gasteiger partial charge in [-0.05, 0) is 31.5 Å². The lowest BCUT2D eigenvalue weighted by Crippen LogP contribution is -2.28. The van der Waals surface area contributed by atoms with E-state index in [4.69, 9.17) is 0 Å². The van der Waals surface area contributed by atoms with E-state index in [1.165, 1.54) is 35.5 Å².